The molecule has 2 rings (SSSR count). The summed E-state index contributed by atoms with van der Waals surface area (Å²) >= 11 is 3.75. The summed E-state index contributed by atoms with van der Waals surface area (Å²) in [5.74, 6) is 0. The van der Waals surface area contributed by atoms with Gasteiger partial charge in [-0.15, -0.1) is 0 Å². The Morgan fingerprint density at radius 1 is 1.00 bits per heavy atom. The van der Waals surface area contributed by atoms with Gasteiger partial charge in [-0.25, -0.2) is 0 Å². The van der Waals surface area contributed by atoms with Crippen molar-refractivity contribution in [2.75, 3.05) is 19.0 Å². The quantitative estimate of drug-likeness (QED) is 0.536. The van der Waals surface area contributed by atoms with E-state index in [-0.39, 0.29) is 0 Å². The van der Waals surface area contributed by atoms with E-state index >= 15 is 0 Å². The first-order chi connectivity index (χ1) is 9.28. The summed E-state index contributed by atoms with van der Waals surface area (Å²) < 4.78 is 11.8. The van der Waals surface area contributed by atoms with Crippen LogP contribution in [0.1, 0.15) is 64.2 Å². The molecule has 2 aliphatic rings. The van der Waals surface area contributed by atoms with Crippen molar-refractivity contribution < 1.29 is 9.47 Å². The first kappa shape index (κ1) is 15.8. The second-order valence-electron chi connectivity index (χ2n) is 6.51. The normalized spacial score (nSPS) is 31.9. The van der Waals surface area contributed by atoms with E-state index < -0.39 is 0 Å². The SMILES string of the molecule is COC1CCCC(OCC2(CBr)CCCCCC2)C1. The highest BCUT2D eigenvalue weighted by Gasteiger charge is 2.32. The maximum Gasteiger partial charge on any atom is 0.0600 e. The van der Waals surface area contributed by atoms with Gasteiger partial charge in [-0.3, -0.25) is 0 Å². The fourth-order valence-electron chi connectivity index (χ4n) is 3.56. The predicted octanol–water partition coefficient (Wildman–Crippen LogP) is 4.70. The Bertz CT molecular complexity index is 249. The van der Waals surface area contributed by atoms with E-state index in [1.165, 1.54) is 57.8 Å². The van der Waals surface area contributed by atoms with Gasteiger partial charge in [0.05, 0.1) is 18.8 Å². The monoisotopic (exact) mass is 332 g/mol. The van der Waals surface area contributed by atoms with Gasteiger partial charge >= 0.3 is 0 Å². The van der Waals surface area contributed by atoms with Crippen molar-refractivity contribution in [1.29, 1.82) is 0 Å². The number of rotatable bonds is 5. The maximum atomic E-state index is 6.29. The molecule has 0 bridgehead atoms. The Balaban J connectivity index is 1.81. The van der Waals surface area contributed by atoms with Gasteiger partial charge in [0, 0.05) is 17.9 Å². The highest BCUT2D eigenvalue weighted by molar-refractivity contribution is 9.09. The molecular weight excluding hydrogens is 304 g/mol. The number of hydrogen-bond donors (Lipinski definition) is 0. The van der Waals surface area contributed by atoms with Crippen molar-refractivity contribution in [3.63, 3.8) is 0 Å². The lowest BCUT2D eigenvalue weighted by atomic mass is 9.83. The zero-order valence-corrected chi connectivity index (χ0v) is 13.9. The van der Waals surface area contributed by atoms with Crippen molar-refractivity contribution in [2.24, 2.45) is 5.41 Å². The molecule has 0 amide bonds. The Morgan fingerprint density at radius 2 is 1.68 bits per heavy atom. The van der Waals surface area contributed by atoms with E-state index in [0.717, 1.165) is 18.4 Å². The fourth-order valence-corrected chi connectivity index (χ4v) is 4.28. The number of halogens is 1. The molecule has 0 spiro atoms. The second-order valence-corrected chi connectivity index (χ2v) is 7.07. The molecule has 0 saturated heterocycles. The first-order valence-corrected chi connectivity index (χ1v) is 9.10. The van der Waals surface area contributed by atoms with E-state index in [9.17, 15) is 0 Å². The van der Waals surface area contributed by atoms with Gasteiger partial charge in [-0.2, -0.15) is 0 Å². The number of hydrogen-bond acceptors (Lipinski definition) is 2. The van der Waals surface area contributed by atoms with Gasteiger partial charge in [0.1, 0.15) is 0 Å². The van der Waals surface area contributed by atoms with E-state index in [0.29, 0.717) is 17.6 Å². The lowest BCUT2D eigenvalue weighted by molar-refractivity contribution is -0.0574. The zero-order valence-electron chi connectivity index (χ0n) is 12.3. The third-order valence-electron chi connectivity index (χ3n) is 4.98. The molecule has 2 atom stereocenters. The maximum absolute atomic E-state index is 6.29. The summed E-state index contributed by atoms with van der Waals surface area (Å²) in [6.07, 6.45) is 13.9. The smallest absolute Gasteiger partial charge is 0.0600 e. The average molecular weight is 333 g/mol. The third-order valence-corrected chi connectivity index (χ3v) is 6.17. The van der Waals surface area contributed by atoms with Crippen LogP contribution in [0.5, 0.6) is 0 Å². The molecule has 0 aromatic rings. The van der Waals surface area contributed by atoms with E-state index in [1.807, 2.05) is 7.11 Å². The molecule has 0 aliphatic heterocycles. The van der Waals surface area contributed by atoms with Crippen molar-refractivity contribution in [1.82, 2.24) is 0 Å². The third kappa shape index (κ3) is 4.71. The Morgan fingerprint density at radius 3 is 2.32 bits per heavy atom. The molecule has 3 heteroatoms. The van der Waals surface area contributed by atoms with Crippen molar-refractivity contribution in [3.8, 4) is 0 Å². The van der Waals surface area contributed by atoms with Gasteiger partial charge in [-0.05, 0) is 38.5 Å². The van der Waals surface area contributed by atoms with Crippen LogP contribution >= 0.6 is 15.9 Å². The van der Waals surface area contributed by atoms with Crippen LogP contribution in [0.3, 0.4) is 0 Å². The molecule has 0 heterocycles. The van der Waals surface area contributed by atoms with Crippen LogP contribution in [0.25, 0.3) is 0 Å². The molecule has 0 aromatic carbocycles. The fraction of sp³-hybridized carbons (Fsp3) is 1.00. The molecule has 0 aromatic heterocycles. The number of ether oxygens (including phenoxy) is 2. The summed E-state index contributed by atoms with van der Waals surface area (Å²) in [7, 11) is 1.83. The van der Waals surface area contributed by atoms with E-state index in [1.54, 1.807) is 0 Å². The van der Waals surface area contributed by atoms with Crippen LogP contribution in [0.4, 0.5) is 0 Å². The van der Waals surface area contributed by atoms with Crippen LogP contribution in [-0.2, 0) is 9.47 Å². The van der Waals surface area contributed by atoms with Crippen LogP contribution < -0.4 is 0 Å². The summed E-state index contributed by atoms with van der Waals surface area (Å²) in [6.45, 7) is 0.944. The highest BCUT2D eigenvalue weighted by atomic mass is 79.9. The molecule has 0 N–H and O–H groups in total. The Kier molecular flexibility index (Phi) is 6.64. The molecule has 19 heavy (non-hydrogen) atoms. The zero-order chi connectivity index (χ0) is 13.6. The van der Waals surface area contributed by atoms with Crippen LogP contribution in [-0.4, -0.2) is 31.3 Å². The topological polar surface area (TPSA) is 18.5 Å². The first-order valence-electron chi connectivity index (χ1n) is 7.98. The Hall–Kier alpha value is 0.400. The van der Waals surface area contributed by atoms with Gasteiger partial charge in [-0.1, -0.05) is 41.6 Å². The van der Waals surface area contributed by atoms with Crippen LogP contribution in [0.15, 0.2) is 0 Å². The Labute approximate surface area is 126 Å². The minimum atomic E-state index is 0.399. The summed E-state index contributed by atoms with van der Waals surface area (Å²) in [5.41, 5.74) is 0.399. The lowest BCUT2D eigenvalue weighted by Crippen LogP contribution is -2.34. The van der Waals surface area contributed by atoms with Gasteiger partial charge in [0.2, 0.25) is 0 Å². The molecule has 2 aliphatic carbocycles. The van der Waals surface area contributed by atoms with Crippen molar-refractivity contribution in [2.45, 2.75) is 76.4 Å². The number of methoxy groups -OCH3 is 1. The van der Waals surface area contributed by atoms with Gasteiger partial charge in [0.15, 0.2) is 0 Å². The minimum absolute atomic E-state index is 0.399. The second kappa shape index (κ2) is 7.99. The molecule has 2 nitrogen and oxygen atoms in total. The number of alkyl halides is 1. The van der Waals surface area contributed by atoms with E-state index in [2.05, 4.69) is 15.9 Å². The molecule has 0 radical (unpaired) electrons. The molecule has 2 fully saturated rings. The summed E-state index contributed by atoms with van der Waals surface area (Å²) in [5, 5.41) is 1.10. The van der Waals surface area contributed by atoms with Crippen molar-refractivity contribution in [3.05, 3.63) is 0 Å². The molecule has 2 saturated carbocycles. The summed E-state index contributed by atoms with van der Waals surface area (Å²) in [6, 6.07) is 0. The van der Waals surface area contributed by atoms with Crippen LogP contribution in [0, 0.1) is 5.41 Å². The minimum Gasteiger partial charge on any atom is -0.381 e. The van der Waals surface area contributed by atoms with Gasteiger partial charge < -0.3 is 9.47 Å². The van der Waals surface area contributed by atoms with Crippen LogP contribution in [0.2, 0.25) is 0 Å². The largest absolute Gasteiger partial charge is 0.381 e. The summed E-state index contributed by atoms with van der Waals surface area (Å²) in [4.78, 5) is 0. The molecule has 112 valence electrons. The average Bonchev–Trinajstić information content (AvgIpc) is 2.71. The van der Waals surface area contributed by atoms with Crippen molar-refractivity contribution >= 4 is 15.9 Å². The lowest BCUT2D eigenvalue weighted by Gasteiger charge is -2.35. The highest BCUT2D eigenvalue weighted by Crippen LogP contribution is 2.38. The standard InChI is InChI=1S/C16H29BrO2/c1-18-14-7-6-8-15(11-14)19-13-16(12-17)9-4-2-3-5-10-16/h14-15H,2-13H2,1H3. The predicted molar refractivity (Wildman–Crippen MR) is 82.9 cm³/mol. The van der Waals surface area contributed by atoms with E-state index in [4.69, 9.17) is 9.47 Å². The molecule has 2 unspecified atom stereocenters. The molecular formula is C16H29BrO2. The van der Waals surface area contributed by atoms with Gasteiger partial charge in [0.25, 0.3) is 0 Å².